The van der Waals surface area contributed by atoms with E-state index in [-0.39, 0.29) is 6.04 Å². The van der Waals surface area contributed by atoms with Crippen molar-refractivity contribution in [2.45, 2.75) is 38.8 Å². The molecule has 1 heterocycles. The van der Waals surface area contributed by atoms with Crippen molar-refractivity contribution in [3.05, 3.63) is 58.9 Å². The van der Waals surface area contributed by atoms with Gasteiger partial charge in [-0.25, -0.2) is 5.43 Å². The summed E-state index contributed by atoms with van der Waals surface area (Å²) in [7, 11) is 0. The van der Waals surface area contributed by atoms with Crippen molar-refractivity contribution >= 4 is 0 Å². The first-order chi connectivity index (χ1) is 10.2. The molecule has 1 atom stereocenters. The molecule has 0 aliphatic heterocycles. The van der Waals surface area contributed by atoms with Crippen LogP contribution in [0.15, 0.2) is 36.5 Å². The van der Waals surface area contributed by atoms with Crippen LogP contribution in [0.25, 0.3) is 0 Å². The van der Waals surface area contributed by atoms with Crippen LogP contribution < -0.4 is 16.0 Å². The van der Waals surface area contributed by atoms with E-state index >= 15 is 0 Å². The monoisotopic (exact) mass is 283 g/mol. The predicted molar refractivity (Wildman–Crippen MR) is 83.0 cm³/mol. The third-order valence-electron chi connectivity index (χ3n) is 3.71. The highest BCUT2D eigenvalue weighted by atomic mass is 16.5. The lowest BCUT2D eigenvalue weighted by Gasteiger charge is -2.19. The quantitative estimate of drug-likeness (QED) is 0.654. The SMILES string of the molecule is Cc1cnc(C(NN)c2cccc(OC3CC3)c2)c(C)c1. The van der Waals surface area contributed by atoms with E-state index in [1.165, 1.54) is 0 Å². The summed E-state index contributed by atoms with van der Waals surface area (Å²) in [5, 5.41) is 0. The van der Waals surface area contributed by atoms with E-state index < -0.39 is 0 Å². The molecule has 4 nitrogen and oxygen atoms in total. The van der Waals surface area contributed by atoms with Crippen LogP contribution in [0, 0.1) is 13.8 Å². The largest absolute Gasteiger partial charge is 0.490 e. The number of hydrazine groups is 1. The Bertz CT molecular complexity index is 638. The first kappa shape index (κ1) is 14.0. The highest BCUT2D eigenvalue weighted by Crippen LogP contribution is 2.30. The van der Waals surface area contributed by atoms with E-state index in [2.05, 4.69) is 23.4 Å². The van der Waals surface area contributed by atoms with Gasteiger partial charge in [0.1, 0.15) is 5.75 Å². The maximum Gasteiger partial charge on any atom is 0.120 e. The maximum absolute atomic E-state index is 5.86. The van der Waals surface area contributed by atoms with Gasteiger partial charge in [0.2, 0.25) is 0 Å². The Morgan fingerprint density at radius 1 is 1.29 bits per heavy atom. The molecule has 3 N–H and O–H groups in total. The summed E-state index contributed by atoms with van der Waals surface area (Å²) in [6.45, 7) is 4.10. The average molecular weight is 283 g/mol. The number of rotatable bonds is 5. The smallest absolute Gasteiger partial charge is 0.120 e. The molecule has 2 aromatic rings. The van der Waals surface area contributed by atoms with Crippen molar-refractivity contribution in [3.63, 3.8) is 0 Å². The Hall–Kier alpha value is -1.91. The predicted octanol–water partition coefficient (Wildman–Crippen LogP) is 2.79. The number of aromatic nitrogens is 1. The molecule has 0 bridgehead atoms. The first-order valence-electron chi connectivity index (χ1n) is 7.33. The molecular weight excluding hydrogens is 262 g/mol. The molecule has 0 amide bonds. The molecule has 1 aromatic carbocycles. The van der Waals surface area contributed by atoms with E-state index in [4.69, 9.17) is 10.6 Å². The van der Waals surface area contributed by atoms with Crippen LogP contribution in [-0.2, 0) is 0 Å². The van der Waals surface area contributed by atoms with Gasteiger partial charge in [0.25, 0.3) is 0 Å². The number of hydrogen-bond acceptors (Lipinski definition) is 4. The third-order valence-corrected chi connectivity index (χ3v) is 3.71. The van der Waals surface area contributed by atoms with Gasteiger partial charge in [0.15, 0.2) is 0 Å². The molecule has 110 valence electrons. The normalized spacial score (nSPS) is 15.8. The molecule has 1 aliphatic rings. The number of nitrogens with zero attached hydrogens (tertiary/aromatic N) is 1. The molecule has 1 fully saturated rings. The van der Waals surface area contributed by atoms with Gasteiger partial charge in [-0.2, -0.15) is 0 Å². The Kier molecular flexibility index (Phi) is 3.90. The second kappa shape index (κ2) is 5.84. The number of nitrogens with two attached hydrogens (primary N) is 1. The number of hydrogen-bond donors (Lipinski definition) is 2. The number of pyridine rings is 1. The van der Waals surface area contributed by atoms with Crippen molar-refractivity contribution in [2.24, 2.45) is 5.84 Å². The zero-order chi connectivity index (χ0) is 14.8. The summed E-state index contributed by atoms with van der Waals surface area (Å²) in [6.07, 6.45) is 4.57. The Morgan fingerprint density at radius 3 is 2.76 bits per heavy atom. The zero-order valence-electron chi connectivity index (χ0n) is 12.5. The number of nitrogens with one attached hydrogen (secondary N) is 1. The lowest BCUT2D eigenvalue weighted by molar-refractivity contribution is 0.302. The molecule has 0 spiro atoms. The van der Waals surface area contributed by atoms with Crippen LogP contribution >= 0.6 is 0 Å². The minimum atomic E-state index is -0.131. The summed E-state index contributed by atoms with van der Waals surface area (Å²) in [5.41, 5.74) is 7.17. The second-order valence-electron chi connectivity index (χ2n) is 5.70. The van der Waals surface area contributed by atoms with Crippen LogP contribution in [0.4, 0.5) is 0 Å². The van der Waals surface area contributed by atoms with Crippen LogP contribution in [0.1, 0.15) is 41.3 Å². The third kappa shape index (κ3) is 3.23. The fourth-order valence-corrected chi connectivity index (χ4v) is 2.51. The van der Waals surface area contributed by atoms with Gasteiger partial charge >= 0.3 is 0 Å². The molecule has 1 saturated carbocycles. The fourth-order valence-electron chi connectivity index (χ4n) is 2.51. The van der Waals surface area contributed by atoms with Crippen LogP contribution in [0.2, 0.25) is 0 Å². The Morgan fingerprint density at radius 2 is 2.10 bits per heavy atom. The van der Waals surface area contributed by atoms with Crippen LogP contribution in [0.5, 0.6) is 5.75 Å². The molecule has 21 heavy (non-hydrogen) atoms. The lowest BCUT2D eigenvalue weighted by atomic mass is 9.99. The molecule has 0 saturated heterocycles. The van der Waals surface area contributed by atoms with E-state index in [1.807, 2.05) is 37.4 Å². The summed E-state index contributed by atoms with van der Waals surface area (Å²) in [6, 6.07) is 10.1. The summed E-state index contributed by atoms with van der Waals surface area (Å²) < 4.78 is 5.86. The number of ether oxygens (including phenoxy) is 1. The molecule has 3 rings (SSSR count). The molecule has 1 aromatic heterocycles. The number of aryl methyl sites for hydroxylation is 2. The van der Waals surface area contributed by atoms with Crippen molar-refractivity contribution in [3.8, 4) is 5.75 Å². The maximum atomic E-state index is 5.86. The van der Waals surface area contributed by atoms with E-state index in [9.17, 15) is 0 Å². The van der Waals surface area contributed by atoms with E-state index in [0.717, 1.165) is 41.0 Å². The molecule has 0 radical (unpaired) electrons. The Balaban J connectivity index is 1.91. The minimum Gasteiger partial charge on any atom is -0.490 e. The van der Waals surface area contributed by atoms with Crippen molar-refractivity contribution in [2.75, 3.05) is 0 Å². The van der Waals surface area contributed by atoms with Gasteiger partial charge < -0.3 is 4.74 Å². The standard InChI is InChI=1S/C17H21N3O/c1-11-8-12(2)16(19-10-11)17(20-18)13-4-3-5-15(9-13)21-14-6-7-14/h3-5,8-10,14,17,20H,6-7,18H2,1-2H3. The molecule has 1 unspecified atom stereocenters. The number of benzene rings is 1. The average Bonchev–Trinajstić information content (AvgIpc) is 3.26. The van der Waals surface area contributed by atoms with Crippen molar-refractivity contribution in [1.29, 1.82) is 0 Å². The lowest BCUT2D eigenvalue weighted by Crippen LogP contribution is -2.30. The van der Waals surface area contributed by atoms with Crippen LogP contribution in [0.3, 0.4) is 0 Å². The summed E-state index contributed by atoms with van der Waals surface area (Å²) in [5.74, 6) is 6.68. The highest BCUT2D eigenvalue weighted by Gasteiger charge is 2.24. The summed E-state index contributed by atoms with van der Waals surface area (Å²) >= 11 is 0. The van der Waals surface area contributed by atoms with Gasteiger partial charge in [-0.15, -0.1) is 0 Å². The van der Waals surface area contributed by atoms with Crippen molar-refractivity contribution < 1.29 is 4.74 Å². The first-order valence-corrected chi connectivity index (χ1v) is 7.33. The van der Waals surface area contributed by atoms with Gasteiger partial charge in [-0.1, -0.05) is 18.2 Å². The summed E-state index contributed by atoms with van der Waals surface area (Å²) in [4.78, 5) is 4.54. The van der Waals surface area contributed by atoms with Gasteiger partial charge in [-0.3, -0.25) is 10.8 Å². The second-order valence-corrected chi connectivity index (χ2v) is 5.70. The van der Waals surface area contributed by atoms with Gasteiger partial charge in [0, 0.05) is 6.20 Å². The van der Waals surface area contributed by atoms with E-state index in [0.29, 0.717) is 6.10 Å². The van der Waals surface area contributed by atoms with Gasteiger partial charge in [-0.05, 0) is 55.5 Å². The van der Waals surface area contributed by atoms with Gasteiger partial charge in [0.05, 0.1) is 17.8 Å². The highest BCUT2D eigenvalue weighted by molar-refractivity contribution is 5.37. The molecule has 1 aliphatic carbocycles. The van der Waals surface area contributed by atoms with Crippen LogP contribution in [-0.4, -0.2) is 11.1 Å². The Labute approximate surface area is 125 Å². The molecular formula is C17H21N3O. The molecule has 4 heteroatoms. The zero-order valence-corrected chi connectivity index (χ0v) is 12.5. The fraction of sp³-hybridized carbons (Fsp3) is 0.353. The minimum absolute atomic E-state index is 0.131. The van der Waals surface area contributed by atoms with E-state index in [1.54, 1.807) is 0 Å². The topological polar surface area (TPSA) is 60.2 Å². The van der Waals surface area contributed by atoms with Crippen molar-refractivity contribution in [1.82, 2.24) is 10.4 Å².